The van der Waals surface area contributed by atoms with Crippen LogP contribution >= 0.6 is 0 Å². The summed E-state index contributed by atoms with van der Waals surface area (Å²) in [5.74, 6) is 0. The Kier molecular flexibility index (Phi) is 4.93. The molecule has 1 aromatic carbocycles. The van der Waals surface area contributed by atoms with Crippen LogP contribution in [0.5, 0.6) is 0 Å². The lowest BCUT2D eigenvalue weighted by Crippen LogP contribution is -2.56. The molecule has 142 valence electrons. The molecule has 2 saturated heterocycles. The molecular formula is C21H31N3O2. The fourth-order valence-electron chi connectivity index (χ4n) is 5.10. The number of fused-ring (bicyclic) bond motifs is 2. The van der Waals surface area contributed by atoms with E-state index in [4.69, 9.17) is 4.74 Å². The van der Waals surface area contributed by atoms with Gasteiger partial charge in [-0.3, -0.25) is 0 Å². The summed E-state index contributed by atoms with van der Waals surface area (Å²) in [5, 5.41) is 0. The average molecular weight is 357 g/mol. The molecule has 0 aliphatic carbocycles. The number of hydrogen-bond donors (Lipinski definition) is 0. The first-order valence-corrected chi connectivity index (χ1v) is 9.95. The first-order valence-electron chi connectivity index (χ1n) is 9.95. The van der Waals surface area contributed by atoms with Gasteiger partial charge in [0.1, 0.15) is 0 Å². The largest absolute Gasteiger partial charge is 0.381 e. The Balaban J connectivity index is 1.55. The Morgan fingerprint density at radius 3 is 2.54 bits per heavy atom. The number of carbonyl (C=O) groups is 1. The Labute approximate surface area is 156 Å². The van der Waals surface area contributed by atoms with Crippen LogP contribution in [0.2, 0.25) is 0 Å². The van der Waals surface area contributed by atoms with E-state index in [0.717, 1.165) is 65.1 Å². The molecule has 0 saturated carbocycles. The number of ether oxygens (including phenoxy) is 1. The Morgan fingerprint density at radius 2 is 1.85 bits per heavy atom. The van der Waals surface area contributed by atoms with E-state index in [1.165, 1.54) is 11.1 Å². The second-order valence-corrected chi connectivity index (χ2v) is 8.35. The van der Waals surface area contributed by atoms with Crippen LogP contribution < -0.4 is 0 Å². The van der Waals surface area contributed by atoms with Gasteiger partial charge in [-0.05, 0) is 49.9 Å². The normalized spacial score (nSPS) is 23.7. The first kappa shape index (κ1) is 17.8. The molecule has 2 amide bonds. The maximum Gasteiger partial charge on any atom is 0.319 e. The molecule has 4 rings (SSSR count). The van der Waals surface area contributed by atoms with Crippen molar-refractivity contribution in [2.45, 2.75) is 43.7 Å². The fraction of sp³-hybridized carbons (Fsp3) is 0.667. The van der Waals surface area contributed by atoms with Crippen molar-refractivity contribution in [3.8, 4) is 0 Å². The highest BCUT2D eigenvalue weighted by molar-refractivity contribution is 5.74. The van der Waals surface area contributed by atoms with E-state index < -0.39 is 0 Å². The summed E-state index contributed by atoms with van der Waals surface area (Å²) in [4.78, 5) is 19.1. The zero-order valence-corrected chi connectivity index (χ0v) is 16.1. The number of amides is 2. The molecule has 1 spiro atoms. The summed E-state index contributed by atoms with van der Waals surface area (Å²) >= 11 is 0. The lowest BCUT2D eigenvalue weighted by atomic mass is 9.68. The van der Waals surface area contributed by atoms with E-state index in [2.05, 4.69) is 29.2 Å². The topological polar surface area (TPSA) is 36.0 Å². The highest BCUT2D eigenvalue weighted by Gasteiger charge is 2.44. The molecule has 26 heavy (non-hydrogen) atoms. The zero-order valence-electron chi connectivity index (χ0n) is 16.1. The van der Waals surface area contributed by atoms with Gasteiger partial charge in [0.2, 0.25) is 0 Å². The minimum Gasteiger partial charge on any atom is -0.381 e. The molecule has 3 aliphatic heterocycles. The van der Waals surface area contributed by atoms with Crippen molar-refractivity contribution >= 4 is 6.03 Å². The van der Waals surface area contributed by atoms with Crippen LogP contribution in [-0.2, 0) is 16.7 Å². The van der Waals surface area contributed by atoms with Gasteiger partial charge in [-0.25, -0.2) is 4.79 Å². The van der Waals surface area contributed by atoms with E-state index in [1.807, 2.05) is 19.0 Å². The smallest absolute Gasteiger partial charge is 0.319 e. The number of carbonyl (C=O) groups excluding carboxylic acids is 1. The number of rotatable bonds is 1. The molecule has 0 aromatic heterocycles. The number of hydrogen-bond acceptors (Lipinski definition) is 3. The third kappa shape index (κ3) is 3.23. The lowest BCUT2D eigenvalue weighted by molar-refractivity contribution is 0.0116. The summed E-state index contributed by atoms with van der Waals surface area (Å²) < 4.78 is 5.53. The van der Waals surface area contributed by atoms with Crippen LogP contribution in [-0.4, -0.2) is 73.7 Å². The van der Waals surface area contributed by atoms with Crippen molar-refractivity contribution in [1.82, 2.24) is 14.7 Å². The molecule has 0 N–H and O–H groups in total. The zero-order chi connectivity index (χ0) is 18.1. The maximum absolute atomic E-state index is 12.7. The van der Waals surface area contributed by atoms with Crippen LogP contribution in [0.3, 0.4) is 0 Å². The van der Waals surface area contributed by atoms with Gasteiger partial charge in [0, 0.05) is 51.9 Å². The van der Waals surface area contributed by atoms with Crippen molar-refractivity contribution in [2.75, 3.05) is 46.9 Å². The van der Waals surface area contributed by atoms with Crippen molar-refractivity contribution in [3.05, 3.63) is 35.4 Å². The second-order valence-electron chi connectivity index (χ2n) is 8.35. The number of benzene rings is 1. The third-order valence-corrected chi connectivity index (χ3v) is 6.56. The molecule has 3 heterocycles. The molecule has 3 aliphatic rings. The number of nitrogens with zero attached hydrogens (tertiary/aromatic N) is 3. The highest BCUT2D eigenvalue weighted by atomic mass is 16.5. The van der Waals surface area contributed by atoms with Crippen LogP contribution in [0.1, 0.15) is 36.8 Å². The SMILES string of the molecule is CN(C)C(=O)N1Cc2ccccc2C2(CCN(C3CCOCC3)CC2)C1. The summed E-state index contributed by atoms with van der Waals surface area (Å²) in [5.41, 5.74) is 2.92. The van der Waals surface area contributed by atoms with Gasteiger partial charge in [-0.2, -0.15) is 0 Å². The minimum absolute atomic E-state index is 0.113. The van der Waals surface area contributed by atoms with E-state index in [9.17, 15) is 4.79 Å². The fourth-order valence-corrected chi connectivity index (χ4v) is 5.10. The van der Waals surface area contributed by atoms with E-state index in [1.54, 1.807) is 4.90 Å². The molecule has 0 radical (unpaired) electrons. The Bertz CT molecular complexity index is 646. The minimum atomic E-state index is 0.113. The maximum atomic E-state index is 12.7. The van der Waals surface area contributed by atoms with Gasteiger partial charge >= 0.3 is 6.03 Å². The number of urea groups is 1. The van der Waals surface area contributed by atoms with E-state index >= 15 is 0 Å². The molecule has 1 aromatic rings. The van der Waals surface area contributed by atoms with Crippen LogP contribution in [0.15, 0.2) is 24.3 Å². The summed E-state index contributed by atoms with van der Waals surface area (Å²) in [6.45, 7) is 5.65. The van der Waals surface area contributed by atoms with Gasteiger partial charge in [0.15, 0.2) is 0 Å². The van der Waals surface area contributed by atoms with Crippen molar-refractivity contribution < 1.29 is 9.53 Å². The third-order valence-electron chi connectivity index (χ3n) is 6.56. The molecule has 5 nitrogen and oxygen atoms in total. The standard InChI is InChI=1S/C21H31N3O2/c1-22(2)20(25)24-15-17-5-3-4-6-19(17)21(16-24)9-11-23(12-10-21)18-7-13-26-14-8-18/h3-6,18H,7-16H2,1-2H3. The summed E-state index contributed by atoms with van der Waals surface area (Å²) in [6.07, 6.45) is 4.60. The van der Waals surface area contributed by atoms with E-state index in [0.29, 0.717) is 6.04 Å². The van der Waals surface area contributed by atoms with Crippen LogP contribution in [0, 0.1) is 0 Å². The summed E-state index contributed by atoms with van der Waals surface area (Å²) in [7, 11) is 3.70. The molecule has 0 bridgehead atoms. The van der Waals surface area contributed by atoms with Gasteiger partial charge < -0.3 is 19.4 Å². The first-order chi connectivity index (χ1) is 12.6. The molecule has 0 unspecified atom stereocenters. The average Bonchev–Trinajstić information content (AvgIpc) is 2.68. The second kappa shape index (κ2) is 7.20. The number of likely N-dealkylation sites (tertiary alicyclic amines) is 1. The lowest BCUT2D eigenvalue weighted by Gasteiger charge is -2.50. The molecule has 2 fully saturated rings. The number of piperidine rings is 1. The molecule has 5 heteroatoms. The van der Waals surface area contributed by atoms with Crippen molar-refractivity contribution in [1.29, 1.82) is 0 Å². The van der Waals surface area contributed by atoms with Crippen LogP contribution in [0.4, 0.5) is 4.79 Å². The molecular weight excluding hydrogens is 326 g/mol. The predicted octanol–water partition coefficient (Wildman–Crippen LogP) is 2.70. The van der Waals surface area contributed by atoms with Gasteiger partial charge in [-0.15, -0.1) is 0 Å². The van der Waals surface area contributed by atoms with Gasteiger partial charge in [0.25, 0.3) is 0 Å². The van der Waals surface area contributed by atoms with Crippen molar-refractivity contribution in [2.24, 2.45) is 0 Å². The quantitative estimate of drug-likeness (QED) is 0.775. The Morgan fingerprint density at radius 1 is 1.15 bits per heavy atom. The van der Waals surface area contributed by atoms with Gasteiger partial charge in [0.05, 0.1) is 0 Å². The highest BCUT2D eigenvalue weighted by Crippen LogP contribution is 2.42. The van der Waals surface area contributed by atoms with Crippen LogP contribution in [0.25, 0.3) is 0 Å². The van der Waals surface area contributed by atoms with Gasteiger partial charge in [-0.1, -0.05) is 24.3 Å². The monoisotopic (exact) mass is 357 g/mol. The Hall–Kier alpha value is -1.59. The van der Waals surface area contributed by atoms with E-state index in [-0.39, 0.29) is 11.4 Å². The predicted molar refractivity (Wildman–Crippen MR) is 102 cm³/mol. The van der Waals surface area contributed by atoms with Crippen molar-refractivity contribution in [3.63, 3.8) is 0 Å². The summed E-state index contributed by atoms with van der Waals surface area (Å²) in [6, 6.07) is 9.58. The molecule has 0 atom stereocenters.